The van der Waals surface area contributed by atoms with Crippen LogP contribution in [0.2, 0.25) is 5.02 Å². The summed E-state index contributed by atoms with van der Waals surface area (Å²) in [6.45, 7) is 0.985. The normalized spacial score (nSPS) is 14.8. The number of nitrogens with one attached hydrogen (secondary N) is 1. The van der Waals surface area contributed by atoms with Gasteiger partial charge in [-0.15, -0.1) is 0 Å². The molecule has 1 amide bonds. The van der Waals surface area contributed by atoms with Crippen molar-refractivity contribution >= 4 is 39.3 Å². The maximum absolute atomic E-state index is 13.0. The third-order valence-corrected chi connectivity index (χ3v) is 7.44. The monoisotopic (exact) mass is 494 g/mol. The first-order valence-corrected chi connectivity index (χ1v) is 12.2. The molecule has 0 bridgehead atoms. The Morgan fingerprint density at radius 3 is 2.33 bits per heavy atom. The Balaban J connectivity index is 1.82. The summed E-state index contributed by atoms with van der Waals surface area (Å²) in [4.78, 5) is 12.7. The summed E-state index contributed by atoms with van der Waals surface area (Å²) in [5, 5.41) is 3.03. The number of ether oxygens (including phenoxy) is 3. The van der Waals surface area contributed by atoms with E-state index in [1.807, 2.05) is 0 Å². The summed E-state index contributed by atoms with van der Waals surface area (Å²) >= 11 is 6.21. The highest BCUT2D eigenvalue weighted by atomic mass is 35.5. The Hall–Kier alpha value is -2.75. The molecular formula is C23H27ClN2O6S. The number of halogens is 1. The summed E-state index contributed by atoms with van der Waals surface area (Å²) in [7, 11) is 0.775. The van der Waals surface area contributed by atoms with Gasteiger partial charge in [-0.1, -0.05) is 18.0 Å². The zero-order chi connectivity index (χ0) is 24.0. The topological polar surface area (TPSA) is 94.2 Å². The minimum absolute atomic E-state index is 0.108. The number of hydrogen-bond acceptors (Lipinski definition) is 6. The molecule has 33 heavy (non-hydrogen) atoms. The molecule has 0 atom stereocenters. The summed E-state index contributed by atoms with van der Waals surface area (Å²) < 4.78 is 43.3. The number of anilines is 1. The lowest BCUT2D eigenvalue weighted by Gasteiger charge is -2.26. The molecule has 178 valence electrons. The lowest BCUT2D eigenvalue weighted by Crippen LogP contribution is -2.35. The molecule has 8 nitrogen and oxygen atoms in total. The first-order valence-electron chi connectivity index (χ1n) is 10.4. The number of nitrogens with zero attached hydrogens (tertiary/aromatic N) is 1. The van der Waals surface area contributed by atoms with Crippen molar-refractivity contribution in [2.45, 2.75) is 24.2 Å². The fourth-order valence-electron chi connectivity index (χ4n) is 3.58. The molecule has 10 heteroatoms. The van der Waals surface area contributed by atoms with Crippen molar-refractivity contribution < 1.29 is 27.4 Å². The molecule has 0 aliphatic carbocycles. The van der Waals surface area contributed by atoms with Crippen molar-refractivity contribution in [1.82, 2.24) is 4.31 Å². The molecule has 0 radical (unpaired) electrons. The van der Waals surface area contributed by atoms with Gasteiger partial charge >= 0.3 is 0 Å². The lowest BCUT2D eigenvalue weighted by molar-refractivity contribution is -0.111. The van der Waals surface area contributed by atoms with E-state index < -0.39 is 15.9 Å². The Morgan fingerprint density at radius 2 is 1.70 bits per heavy atom. The van der Waals surface area contributed by atoms with E-state index in [1.165, 1.54) is 49.9 Å². The maximum atomic E-state index is 13.0. The van der Waals surface area contributed by atoms with Crippen LogP contribution in [0.25, 0.3) is 6.08 Å². The Morgan fingerprint density at radius 1 is 1.00 bits per heavy atom. The molecule has 0 saturated carbocycles. The molecule has 3 rings (SSSR count). The number of hydrogen-bond donors (Lipinski definition) is 1. The summed E-state index contributed by atoms with van der Waals surface area (Å²) in [5.74, 6) is 0.717. The summed E-state index contributed by atoms with van der Waals surface area (Å²) in [5.41, 5.74) is 0.886. The number of piperidine rings is 1. The maximum Gasteiger partial charge on any atom is 0.248 e. The molecule has 1 fully saturated rings. The van der Waals surface area contributed by atoms with Crippen molar-refractivity contribution in [3.63, 3.8) is 0 Å². The minimum atomic E-state index is -3.65. The first kappa shape index (κ1) is 24.9. The molecule has 1 aliphatic rings. The second kappa shape index (κ2) is 10.9. The molecular weight excluding hydrogens is 468 g/mol. The molecule has 1 aliphatic heterocycles. The molecule has 0 spiro atoms. The molecule has 1 heterocycles. The van der Waals surface area contributed by atoms with Gasteiger partial charge in [-0.3, -0.25) is 4.79 Å². The summed E-state index contributed by atoms with van der Waals surface area (Å²) in [6, 6.07) is 7.76. The van der Waals surface area contributed by atoms with E-state index >= 15 is 0 Å². The number of rotatable bonds is 8. The Bertz CT molecular complexity index is 1140. The smallest absolute Gasteiger partial charge is 0.248 e. The highest BCUT2D eigenvalue weighted by Crippen LogP contribution is 2.36. The number of carbonyl (C=O) groups is 1. The van der Waals surface area contributed by atoms with Gasteiger partial charge in [-0.25, -0.2) is 8.42 Å². The largest absolute Gasteiger partial charge is 0.495 e. The Kier molecular flexibility index (Phi) is 8.23. The van der Waals surface area contributed by atoms with Crippen molar-refractivity contribution in [2.24, 2.45) is 0 Å². The second-order valence-electron chi connectivity index (χ2n) is 7.39. The van der Waals surface area contributed by atoms with Crippen molar-refractivity contribution in [3.8, 4) is 17.2 Å². The van der Waals surface area contributed by atoms with E-state index in [2.05, 4.69) is 5.32 Å². The van der Waals surface area contributed by atoms with Crippen LogP contribution >= 0.6 is 11.6 Å². The van der Waals surface area contributed by atoms with Gasteiger partial charge in [0.05, 0.1) is 36.9 Å². The third-order valence-electron chi connectivity index (χ3n) is 5.26. The molecule has 1 N–H and O–H groups in total. The van der Waals surface area contributed by atoms with Crippen molar-refractivity contribution in [1.29, 1.82) is 0 Å². The molecule has 2 aromatic rings. The average molecular weight is 495 g/mol. The molecule has 0 aromatic heterocycles. The number of sulfonamides is 1. The lowest BCUT2D eigenvalue weighted by atomic mass is 10.2. The average Bonchev–Trinajstić information content (AvgIpc) is 2.82. The fraction of sp³-hybridized carbons (Fsp3) is 0.348. The van der Waals surface area contributed by atoms with Crippen LogP contribution in [0.4, 0.5) is 5.69 Å². The Labute approximate surface area is 199 Å². The molecule has 2 aromatic carbocycles. The highest BCUT2D eigenvalue weighted by molar-refractivity contribution is 7.89. The SMILES string of the molecule is COc1ccc(S(=O)(=O)N2CCCCC2)cc1NC(=O)/C=C/c1cc(Cl)c(OC)c(OC)c1. The van der Waals surface area contributed by atoms with Gasteiger partial charge < -0.3 is 19.5 Å². The molecule has 0 unspecified atom stereocenters. The van der Waals surface area contributed by atoms with Gasteiger partial charge in [0.2, 0.25) is 15.9 Å². The van der Waals surface area contributed by atoms with E-state index in [0.29, 0.717) is 40.9 Å². The summed E-state index contributed by atoms with van der Waals surface area (Å²) in [6.07, 6.45) is 5.56. The van der Waals surface area contributed by atoms with Gasteiger partial charge in [0, 0.05) is 19.2 Å². The predicted molar refractivity (Wildman–Crippen MR) is 128 cm³/mol. The van der Waals surface area contributed by atoms with Crippen molar-refractivity contribution in [2.75, 3.05) is 39.7 Å². The van der Waals surface area contributed by atoms with Gasteiger partial charge in [-0.2, -0.15) is 4.31 Å². The third kappa shape index (κ3) is 5.79. The van der Waals surface area contributed by atoms with Crippen LogP contribution in [-0.2, 0) is 14.8 Å². The highest BCUT2D eigenvalue weighted by Gasteiger charge is 2.26. The standard InChI is InChI=1S/C23H27ClN2O6S/c1-30-20-9-8-17(33(28,29)26-11-5-4-6-12-26)15-19(20)25-22(27)10-7-16-13-18(24)23(32-3)21(14-16)31-2/h7-10,13-15H,4-6,11-12H2,1-3H3,(H,25,27)/b10-7+. The van der Waals surface area contributed by atoms with Crippen LogP contribution in [0.1, 0.15) is 24.8 Å². The van der Waals surface area contributed by atoms with E-state index in [4.69, 9.17) is 25.8 Å². The molecule has 1 saturated heterocycles. The minimum Gasteiger partial charge on any atom is -0.495 e. The quantitative estimate of drug-likeness (QED) is 0.553. The van der Waals surface area contributed by atoms with Crippen LogP contribution in [0, 0.1) is 0 Å². The van der Waals surface area contributed by atoms with Gasteiger partial charge in [-0.05, 0) is 54.8 Å². The van der Waals surface area contributed by atoms with Crippen LogP contribution in [0.15, 0.2) is 41.3 Å². The second-order valence-corrected chi connectivity index (χ2v) is 9.73. The van der Waals surface area contributed by atoms with Crippen LogP contribution in [0.3, 0.4) is 0 Å². The number of benzene rings is 2. The van der Waals surface area contributed by atoms with Gasteiger partial charge in [0.15, 0.2) is 11.5 Å². The van der Waals surface area contributed by atoms with Gasteiger partial charge in [0.1, 0.15) is 5.75 Å². The van der Waals surface area contributed by atoms with E-state index in [0.717, 1.165) is 19.3 Å². The zero-order valence-corrected chi connectivity index (χ0v) is 20.3. The van der Waals surface area contributed by atoms with E-state index in [9.17, 15) is 13.2 Å². The van der Waals surface area contributed by atoms with Crippen LogP contribution in [-0.4, -0.2) is 53.0 Å². The van der Waals surface area contributed by atoms with Crippen LogP contribution < -0.4 is 19.5 Å². The van der Waals surface area contributed by atoms with Crippen LogP contribution in [0.5, 0.6) is 17.2 Å². The van der Waals surface area contributed by atoms with E-state index in [-0.39, 0.29) is 10.6 Å². The van der Waals surface area contributed by atoms with Crippen molar-refractivity contribution in [3.05, 3.63) is 47.0 Å². The number of amides is 1. The van der Waals surface area contributed by atoms with Gasteiger partial charge in [0.25, 0.3) is 0 Å². The van der Waals surface area contributed by atoms with E-state index in [1.54, 1.807) is 18.2 Å². The fourth-order valence-corrected chi connectivity index (χ4v) is 5.42. The zero-order valence-electron chi connectivity index (χ0n) is 18.8. The first-order chi connectivity index (χ1) is 15.8. The number of methoxy groups -OCH3 is 3. The number of carbonyl (C=O) groups excluding carboxylic acids is 1. The predicted octanol–water partition coefficient (Wildman–Crippen LogP) is 4.19.